The first-order chi connectivity index (χ1) is 20.6. The third-order valence-corrected chi connectivity index (χ3v) is 6.02. The number of nitrogens with one attached hydrogen (secondary N) is 2. The van der Waals surface area contributed by atoms with Gasteiger partial charge in [0.25, 0.3) is 5.91 Å². The van der Waals surface area contributed by atoms with Crippen LogP contribution in [-0.4, -0.2) is 50.8 Å². The first-order valence-electron chi connectivity index (χ1n) is 13.6. The lowest BCUT2D eigenvalue weighted by Crippen LogP contribution is -2.26. The molecule has 3 rings (SSSR count). The van der Waals surface area contributed by atoms with Crippen LogP contribution in [0.25, 0.3) is 5.70 Å². The number of anilines is 1. The van der Waals surface area contributed by atoms with E-state index in [4.69, 9.17) is 10.5 Å². The van der Waals surface area contributed by atoms with Crippen molar-refractivity contribution in [1.29, 1.82) is 0 Å². The molecule has 1 unspecified atom stereocenters. The molecule has 1 saturated heterocycles. The highest BCUT2D eigenvalue weighted by molar-refractivity contribution is 6.04. The molecule has 11 heteroatoms. The Morgan fingerprint density at radius 1 is 1.09 bits per heavy atom. The number of alkyl halides is 3. The number of benzene rings is 2. The van der Waals surface area contributed by atoms with Gasteiger partial charge < -0.3 is 26.8 Å². The zero-order valence-electron chi connectivity index (χ0n) is 24.8. The van der Waals surface area contributed by atoms with Gasteiger partial charge in [-0.2, -0.15) is 13.2 Å². The Kier molecular flexibility index (Phi) is 16.5. The first kappa shape index (κ1) is 37.0. The average Bonchev–Trinajstić information content (AvgIpc) is 3.53. The molecule has 1 heterocycles. The third kappa shape index (κ3) is 12.4. The number of nitrogens with zero attached hydrogens (tertiary/aromatic N) is 1. The normalized spacial score (nSPS) is 16.0. The van der Waals surface area contributed by atoms with Crippen LogP contribution in [0.2, 0.25) is 0 Å². The molecule has 6 N–H and O–H groups in total. The molecule has 1 fully saturated rings. The summed E-state index contributed by atoms with van der Waals surface area (Å²) >= 11 is 0. The van der Waals surface area contributed by atoms with E-state index in [1.54, 1.807) is 24.3 Å². The maximum atomic E-state index is 13.5. The van der Waals surface area contributed by atoms with Crippen molar-refractivity contribution in [3.05, 3.63) is 108 Å². The largest absolute Gasteiger partial charge is 0.475 e. The number of carbonyl (C=O) groups is 1. The van der Waals surface area contributed by atoms with Gasteiger partial charge in [0.1, 0.15) is 11.9 Å². The standard InChI is InChI=1S/C29H32F4N4O2.C2H4.CH5N/c1-3-22(29(31,32)33)16-21(28(38)36-24-11-9-23(30)10-12-24)15-19-5-7-20(8-6-19)26(4-2)37-27(17-34)39-25-13-14-35-18-25;2*1-2/h3-12,16,25,35H,13-15,17-18,34H2,1-2H3,(H,36,38);1-2H2;2H2,1H3/b21-16+,22-3+,26-4-,37-27?;;. The number of hydrogen-bond donors (Lipinski definition) is 4. The topological polar surface area (TPSA) is 115 Å². The van der Waals surface area contributed by atoms with E-state index in [9.17, 15) is 22.4 Å². The van der Waals surface area contributed by atoms with Crippen LogP contribution in [0.3, 0.4) is 0 Å². The predicted octanol–water partition coefficient (Wildman–Crippen LogP) is 5.92. The van der Waals surface area contributed by atoms with E-state index in [0.29, 0.717) is 17.2 Å². The van der Waals surface area contributed by atoms with Gasteiger partial charge in [-0.15, -0.1) is 13.2 Å². The number of amides is 1. The molecule has 2 aromatic rings. The van der Waals surface area contributed by atoms with E-state index in [-0.39, 0.29) is 30.3 Å². The van der Waals surface area contributed by atoms with Crippen LogP contribution >= 0.6 is 0 Å². The molecule has 0 saturated carbocycles. The van der Waals surface area contributed by atoms with Gasteiger partial charge in [-0.1, -0.05) is 36.4 Å². The zero-order valence-corrected chi connectivity index (χ0v) is 24.8. The highest BCUT2D eigenvalue weighted by atomic mass is 19.4. The van der Waals surface area contributed by atoms with Gasteiger partial charge in [-0.3, -0.25) is 4.79 Å². The highest BCUT2D eigenvalue weighted by Gasteiger charge is 2.32. The highest BCUT2D eigenvalue weighted by Crippen LogP contribution is 2.29. The second-order valence-electron chi connectivity index (χ2n) is 8.86. The summed E-state index contributed by atoms with van der Waals surface area (Å²) in [6.45, 7) is 10.8. The van der Waals surface area contributed by atoms with Crippen molar-refractivity contribution in [1.82, 2.24) is 5.32 Å². The summed E-state index contributed by atoms with van der Waals surface area (Å²) in [6, 6.07) is 12.0. The molecule has 234 valence electrons. The number of hydrogen-bond acceptors (Lipinski definition) is 6. The van der Waals surface area contributed by atoms with E-state index in [2.05, 4.69) is 34.5 Å². The number of rotatable bonds is 9. The van der Waals surface area contributed by atoms with E-state index < -0.39 is 23.5 Å². The molecule has 1 aliphatic rings. The van der Waals surface area contributed by atoms with Crippen molar-refractivity contribution in [2.24, 2.45) is 16.5 Å². The second kappa shape index (κ2) is 19.2. The van der Waals surface area contributed by atoms with Gasteiger partial charge >= 0.3 is 6.18 Å². The summed E-state index contributed by atoms with van der Waals surface area (Å²) < 4.78 is 59.5. The van der Waals surface area contributed by atoms with Gasteiger partial charge in [0.05, 0.1) is 17.8 Å². The molecule has 0 aliphatic carbocycles. The monoisotopic (exact) mass is 603 g/mol. The predicted molar refractivity (Wildman–Crippen MR) is 167 cm³/mol. The van der Waals surface area contributed by atoms with Crippen molar-refractivity contribution in [3.8, 4) is 0 Å². The number of carbonyl (C=O) groups excluding carboxylic acids is 1. The van der Waals surface area contributed by atoms with E-state index >= 15 is 0 Å². The van der Waals surface area contributed by atoms with E-state index in [0.717, 1.165) is 49.4 Å². The Bertz CT molecular complexity index is 1260. The summed E-state index contributed by atoms with van der Waals surface area (Å²) in [6.07, 6.45) is -0.271. The van der Waals surface area contributed by atoms with Crippen LogP contribution in [-0.2, 0) is 16.0 Å². The van der Waals surface area contributed by atoms with Crippen LogP contribution in [0, 0.1) is 5.82 Å². The van der Waals surface area contributed by atoms with Crippen LogP contribution in [0.15, 0.2) is 96.1 Å². The zero-order chi connectivity index (χ0) is 32.4. The molecule has 2 aromatic carbocycles. The number of allylic oxidation sites excluding steroid dienone is 4. The molecule has 0 radical (unpaired) electrons. The summed E-state index contributed by atoms with van der Waals surface area (Å²) in [7, 11) is 1.50. The summed E-state index contributed by atoms with van der Waals surface area (Å²) in [4.78, 5) is 17.5. The molecular formula is C32H41F4N5O2. The maximum absolute atomic E-state index is 13.5. The lowest BCUT2D eigenvalue weighted by Gasteiger charge is -2.15. The third-order valence-electron chi connectivity index (χ3n) is 6.02. The molecule has 0 bridgehead atoms. The van der Waals surface area contributed by atoms with Crippen LogP contribution in [0.4, 0.5) is 23.2 Å². The molecule has 43 heavy (non-hydrogen) atoms. The van der Waals surface area contributed by atoms with Gasteiger partial charge in [-0.05, 0) is 75.3 Å². The van der Waals surface area contributed by atoms with Crippen molar-refractivity contribution in [2.75, 3.05) is 32.0 Å². The first-order valence-corrected chi connectivity index (χ1v) is 13.6. The number of nitrogens with two attached hydrogens (primary N) is 2. The molecule has 1 aliphatic heterocycles. The Morgan fingerprint density at radius 2 is 1.72 bits per heavy atom. The fourth-order valence-corrected chi connectivity index (χ4v) is 3.94. The van der Waals surface area contributed by atoms with Gasteiger partial charge in [-0.25, -0.2) is 9.38 Å². The van der Waals surface area contributed by atoms with Crippen molar-refractivity contribution >= 4 is 23.2 Å². The fourth-order valence-electron chi connectivity index (χ4n) is 3.94. The number of aliphatic imine (C=N–C) groups is 1. The Hall–Kier alpha value is -4.06. The number of ether oxygens (including phenoxy) is 1. The SMILES string of the molecule is C/C=C(\N=C(CN)OC1CCNC1)c1ccc(C/C(=C\C(=C/C)C(F)(F)F)C(=O)Nc2ccc(F)cc2)cc1.C=C.CN. The Labute approximate surface area is 251 Å². The Balaban J connectivity index is 0.00000221. The molecule has 1 atom stereocenters. The summed E-state index contributed by atoms with van der Waals surface area (Å²) in [5.74, 6) is -0.809. The molecular weight excluding hydrogens is 562 g/mol. The van der Waals surface area contributed by atoms with Crippen molar-refractivity contribution < 1.29 is 27.1 Å². The molecule has 1 amide bonds. The van der Waals surface area contributed by atoms with Crippen LogP contribution in [0.1, 0.15) is 31.4 Å². The second-order valence-corrected chi connectivity index (χ2v) is 8.86. The lowest BCUT2D eigenvalue weighted by atomic mass is 9.99. The van der Waals surface area contributed by atoms with Crippen LogP contribution in [0.5, 0.6) is 0 Å². The average molecular weight is 604 g/mol. The Morgan fingerprint density at radius 3 is 2.21 bits per heavy atom. The molecule has 7 nitrogen and oxygen atoms in total. The van der Waals surface area contributed by atoms with Crippen molar-refractivity contribution in [2.45, 2.75) is 39.0 Å². The smallest absolute Gasteiger partial charge is 0.416 e. The summed E-state index contributed by atoms with van der Waals surface area (Å²) in [5, 5.41) is 5.76. The quantitative estimate of drug-likeness (QED) is 0.0710. The van der Waals surface area contributed by atoms with Gasteiger partial charge in [0, 0.05) is 24.2 Å². The van der Waals surface area contributed by atoms with E-state index in [1.165, 1.54) is 26.1 Å². The number of halogens is 4. The fraction of sp³-hybridized carbons (Fsp3) is 0.312. The van der Waals surface area contributed by atoms with Crippen molar-refractivity contribution in [3.63, 3.8) is 0 Å². The molecule has 0 aromatic heterocycles. The minimum absolute atomic E-state index is 0.0119. The van der Waals surface area contributed by atoms with Crippen LogP contribution < -0.4 is 22.1 Å². The lowest BCUT2D eigenvalue weighted by molar-refractivity contribution is -0.113. The summed E-state index contributed by atoms with van der Waals surface area (Å²) in [5.41, 5.74) is 11.5. The minimum Gasteiger partial charge on any atom is -0.475 e. The minimum atomic E-state index is -4.63. The van der Waals surface area contributed by atoms with E-state index in [1.807, 2.05) is 13.0 Å². The van der Waals surface area contributed by atoms with Gasteiger partial charge in [0.2, 0.25) is 5.90 Å². The molecule has 0 spiro atoms. The maximum Gasteiger partial charge on any atom is 0.416 e. The van der Waals surface area contributed by atoms with Gasteiger partial charge in [0.15, 0.2) is 0 Å².